The molecule has 0 spiro atoms. The lowest BCUT2D eigenvalue weighted by Crippen LogP contribution is -2.30. The highest BCUT2D eigenvalue weighted by Crippen LogP contribution is 2.31. The van der Waals surface area contributed by atoms with Crippen molar-refractivity contribution in [3.8, 4) is 5.75 Å². The molecule has 1 aliphatic rings. The summed E-state index contributed by atoms with van der Waals surface area (Å²) in [7, 11) is 3.46. The fourth-order valence-electron chi connectivity index (χ4n) is 2.09. The second kappa shape index (κ2) is 6.43. The minimum atomic E-state index is -0.0170. The van der Waals surface area contributed by atoms with Gasteiger partial charge >= 0.3 is 0 Å². The molecule has 0 saturated heterocycles. The van der Waals surface area contributed by atoms with Gasteiger partial charge in [-0.3, -0.25) is 4.79 Å². The van der Waals surface area contributed by atoms with Crippen LogP contribution >= 0.6 is 0 Å². The molecule has 104 valence electrons. The summed E-state index contributed by atoms with van der Waals surface area (Å²) in [5.41, 5.74) is 1.51. The first-order valence-corrected chi connectivity index (χ1v) is 6.48. The molecule has 0 atom stereocenters. The van der Waals surface area contributed by atoms with Crippen molar-refractivity contribution >= 4 is 11.6 Å². The van der Waals surface area contributed by atoms with Crippen molar-refractivity contribution in [2.45, 2.75) is 6.42 Å². The Balaban J connectivity index is 2.10. The van der Waals surface area contributed by atoms with Crippen LogP contribution in [0.2, 0.25) is 0 Å². The number of ether oxygens (including phenoxy) is 2. The van der Waals surface area contributed by atoms with Crippen LogP contribution < -0.4 is 10.1 Å². The second-order valence-electron chi connectivity index (χ2n) is 4.53. The Hall–Kier alpha value is -1.75. The maximum Gasteiger partial charge on any atom is 0.257 e. The molecule has 1 N–H and O–H groups in total. The van der Waals surface area contributed by atoms with E-state index in [0.717, 1.165) is 18.7 Å². The zero-order chi connectivity index (χ0) is 13.7. The van der Waals surface area contributed by atoms with Gasteiger partial charge in [0.05, 0.1) is 11.3 Å². The van der Waals surface area contributed by atoms with Gasteiger partial charge in [0.1, 0.15) is 6.61 Å². The van der Waals surface area contributed by atoms with Gasteiger partial charge in [-0.05, 0) is 18.6 Å². The van der Waals surface area contributed by atoms with Crippen LogP contribution in [0.3, 0.4) is 0 Å². The standard InChI is InChI=1S/C14H20N2O3/c1-16(8-4-9-18-2)14(17)11-5-3-6-12-13(11)19-10-7-15-12/h3,5-6,15H,4,7-10H2,1-2H3. The average Bonchev–Trinajstić information content (AvgIpc) is 2.46. The van der Waals surface area contributed by atoms with E-state index in [1.54, 1.807) is 25.1 Å². The molecule has 0 bridgehead atoms. The van der Waals surface area contributed by atoms with Gasteiger partial charge in [0.25, 0.3) is 5.91 Å². The number of amides is 1. The number of benzene rings is 1. The highest BCUT2D eigenvalue weighted by Gasteiger charge is 2.21. The highest BCUT2D eigenvalue weighted by molar-refractivity contribution is 5.98. The molecule has 0 radical (unpaired) electrons. The topological polar surface area (TPSA) is 50.8 Å². The summed E-state index contributed by atoms with van der Waals surface area (Å²) in [5, 5.41) is 3.23. The molecule has 1 heterocycles. The Bertz CT molecular complexity index is 448. The summed E-state index contributed by atoms with van der Waals surface area (Å²) < 4.78 is 10.6. The number of carbonyl (C=O) groups excluding carboxylic acids is 1. The largest absolute Gasteiger partial charge is 0.489 e. The third kappa shape index (κ3) is 3.17. The number of rotatable bonds is 5. The minimum absolute atomic E-state index is 0.0170. The highest BCUT2D eigenvalue weighted by atomic mass is 16.5. The number of methoxy groups -OCH3 is 1. The molecule has 0 fully saturated rings. The molecule has 0 aromatic heterocycles. The molecule has 1 aromatic carbocycles. The lowest BCUT2D eigenvalue weighted by Gasteiger charge is -2.24. The maximum absolute atomic E-state index is 12.4. The third-order valence-electron chi connectivity index (χ3n) is 3.10. The lowest BCUT2D eigenvalue weighted by molar-refractivity contribution is 0.0775. The minimum Gasteiger partial charge on any atom is -0.489 e. The van der Waals surface area contributed by atoms with Crippen LogP contribution in [-0.4, -0.2) is 51.3 Å². The molecule has 1 aromatic rings. The number of nitrogens with zero attached hydrogens (tertiary/aromatic N) is 1. The van der Waals surface area contributed by atoms with Gasteiger partial charge in [-0.15, -0.1) is 0 Å². The van der Waals surface area contributed by atoms with E-state index >= 15 is 0 Å². The number of hydrogen-bond acceptors (Lipinski definition) is 4. The summed E-state index contributed by atoms with van der Waals surface area (Å²) in [5.74, 6) is 0.647. The quantitative estimate of drug-likeness (QED) is 0.821. The fraction of sp³-hybridized carbons (Fsp3) is 0.500. The third-order valence-corrected chi connectivity index (χ3v) is 3.10. The number of para-hydroxylation sites is 1. The van der Waals surface area contributed by atoms with Crippen molar-refractivity contribution in [2.24, 2.45) is 0 Å². The van der Waals surface area contributed by atoms with Crippen LogP contribution in [0, 0.1) is 0 Å². The van der Waals surface area contributed by atoms with Crippen molar-refractivity contribution in [1.82, 2.24) is 4.90 Å². The summed E-state index contributed by atoms with van der Waals surface area (Å²) in [4.78, 5) is 14.1. The first kappa shape index (κ1) is 13.7. The number of hydrogen-bond donors (Lipinski definition) is 1. The first-order chi connectivity index (χ1) is 9.24. The normalized spacial score (nSPS) is 13.2. The molecule has 0 unspecified atom stereocenters. The Morgan fingerprint density at radius 1 is 1.53 bits per heavy atom. The van der Waals surface area contributed by atoms with E-state index < -0.39 is 0 Å². The van der Waals surface area contributed by atoms with Crippen LogP contribution in [0.25, 0.3) is 0 Å². The van der Waals surface area contributed by atoms with Crippen LogP contribution in [-0.2, 0) is 4.74 Å². The number of nitrogens with one attached hydrogen (secondary N) is 1. The van der Waals surface area contributed by atoms with Crippen molar-refractivity contribution in [3.05, 3.63) is 23.8 Å². The smallest absolute Gasteiger partial charge is 0.257 e. The van der Waals surface area contributed by atoms with E-state index in [4.69, 9.17) is 9.47 Å². The summed E-state index contributed by atoms with van der Waals surface area (Å²) in [6.07, 6.45) is 0.826. The van der Waals surface area contributed by atoms with E-state index in [1.807, 2.05) is 12.1 Å². The summed E-state index contributed by atoms with van der Waals surface area (Å²) >= 11 is 0. The Kier molecular flexibility index (Phi) is 4.63. The fourth-order valence-corrected chi connectivity index (χ4v) is 2.09. The van der Waals surface area contributed by atoms with Crippen molar-refractivity contribution in [3.63, 3.8) is 0 Å². The van der Waals surface area contributed by atoms with E-state index in [2.05, 4.69) is 5.32 Å². The molecule has 5 heteroatoms. The predicted octanol–water partition coefficient (Wildman–Crippen LogP) is 1.60. The van der Waals surface area contributed by atoms with Crippen LogP contribution in [0.1, 0.15) is 16.8 Å². The van der Waals surface area contributed by atoms with Gasteiger partial charge in [0.15, 0.2) is 5.75 Å². The first-order valence-electron chi connectivity index (χ1n) is 6.48. The zero-order valence-electron chi connectivity index (χ0n) is 11.4. The van der Waals surface area contributed by atoms with Crippen molar-refractivity contribution in [1.29, 1.82) is 0 Å². The number of fused-ring (bicyclic) bond motifs is 1. The second-order valence-corrected chi connectivity index (χ2v) is 4.53. The molecule has 0 aliphatic carbocycles. The van der Waals surface area contributed by atoms with E-state index in [1.165, 1.54) is 0 Å². The molecule has 5 nitrogen and oxygen atoms in total. The SMILES string of the molecule is COCCCN(C)C(=O)c1cccc2c1OCCN2. The lowest BCUT2D eigenvalue weighted by atomic mass is 10.1. The van der Waals surface area contributed by atoms with Gasteiger partial charge in [-0.2, -0.15) is 0 Å². The summed E-state index contributed by atoms with van der Waals surface area (Å²) in [6.45, 7) is 2.69. The van der Waals surface area contributed by atoms with E-state index in [-0.39, 0.29) is 5.91 Å². The molecular formula is C14H20N2O3. The van der Waals surface area contributed by atoms with E-state index in [0.29, 0.717) is 31.1 Å². The Labute approximate surface area is 113 Å². The van der Waals surface area contributed by atoms with Crippen molar-refractivity contribution in [2.75, 3.05) is 45.8 Å². The van der Waals surface area contributed by atoms with Crippen LogP contribution in [0.15, 0.2) is 18.2 Å². The molecule has 19 heavy (non-hydrogen) atoms. The Morgan fingerprint density at radius 2 is 2.37 bits per heavy atom. The zero-order valence-corrected chi connectivity index (χ0v) is 11.4. The average molecular weight is 264 g/mol. The van der Waals surface area contributed by atoms with E-state index in [9.17, 15) is 4.79 Å². The molecule has 0 saturated carbocycles. The van der Waals surface area contributed by atoms with Gasteiger partial charge in [0, 0.05) is 33.9 Å². The molecule has 2 rings (SSSR count). The van der Waals surface area contributed by atoms with Crippen molar-refractivity contribution < 1.29 is 14.3 Å². The number of anilines is 1. The molecule has 1 aliphatic heterocycles. The summed E-state index contributed by atoms with van der Waals surface area (Å²) in [6, 6.07) is 5.61. The van der Waals surface area contributed by atoms with Gasteiger partial charge in [-0.1, -0.05) is 6.07 Å². The predicted molar refractivity (Wildman–Crippen MR) is 73.9 cm³/mol. The van der Waals surface area contributed by atoms with Crippen LogP contribution in [0.4, 0.5) is 5.69 Å². The maximum atomic E-state index is 12.4. The van der Waals surface area contributed by atoms with Gasteiger partial charge in [-0.25, -0.2) is 0 Å². The molecule has 1 amide bonds. The van der Waals surface area contributed by atoms with Gasteiger partial charge in [0.2, 0.25) is 0 Å². The Morgan fingerprint density at radius 3 is 3.16 bits per heavy atom. The molecular weight excluding hydrogens is 244 g/mol. The van der Waals surface area contributed by atoms with Crippen LogP contribution in [0.5, 0.6) is 5.75 Å². The number of carbonyl (C=O) groups is 1. The van der Waals surface area contributed by atoms with Gasteiger partial charge < -0.3 is 19.7 Å². The monoisotopic (exact) mass is 264 g/mol.